The third kappa shape index (κ3) is 6.33. The molecule has 0 aromatic heterocycles. The van der Waals surface area contributed by atoms with Gasteiger partial charge in [0.25, 0.3) is 0 Å². The minimum absolute atomic E-state index is 0.266. The van der Waals surface area contributed by atoms with E-state index in [1.54, 1.807) is 6.08 Å². The molecule has 0 saturated heterocycles. The van der Waals surface area contributed by atoms with Gasteiger partial charge in [-0.3, -0.25) is 10.1 Å². The summed E-state index contributed by atoms with van der Waals surface area (Å²) in [5.41, 5.74) is 5.91. The summed E-state index contributed by atoms with van der Waals surface area (Å²) in [6.45, 7) is 0.650. The fourth-order valence-corrected chi connectivity index (χ4v) is 1.79. The molecule has 0 radical (unpaired) electrons. The van der Waals surface area contributed by atoms with Crippen LogP contribution in [-0.4, -0.2) is 36.9 Å². The zero-order valence-electron chi connectivity index (χ0n) is 11.3. The fourth-order valence-electron chi connectivity index (χ4n) is 1.79. The standard InChI is InChI=1S/C14H23N3O2/c1-16-12-8-6-11(7-9-12)14(19)17-10-4-2-3-5-13(15)18/h2-3,6-8,12,14,16-17,19H,4-5,9-10H2,1H3,(H2,15,18)/b3-2-. The van der Waals surface area contributed by atoms with Gasteiger partial charge < -0.3 is 16.2 Å². The van der Waals surface area contributed by atoms with Gasteiger partial charge in [-0.1, -0.05) is 30.4 Å². The number of likely N-dealkylation sites (N-methyl/N-ethyl adjacent to an activating group) is 1. The molecule has 1 rings (SSSR count). The molecule has 0 heterocycles. The Morgan fingerprint density at radius 2 is 2.42 bits per heavy atom. The van der Waals surface area contributed by atoms with Gasteiger partial charge in [0.05, 0.1) is 0 Å². The Morgan fingerprint density at radius 3 is 3.00 bits per heavy atom. The van der Waals surface area contributed by atoms with Gasteiger partial charge in [-0.25, -0.2) is 0 Å². The summed E-state index contributed by atoms with van der Waals surface area (Å²) >= 11 is 0. The van der Waals surface area contributed by atoms with Crippen molar-refractivity contribution in [2.45, 2.75) is 31.5 Å². The van der Waals surface area contributed by atoms with Crippen molar-refractivity contribution >= 4 is 5.91 Å². The van der Waals surface area contributed by atoms with Gasteiger partial charge in [-0.15, -0.1) is 0 Å². The van der Waals surface area contributed by atoms with Crippen LogP contribution in [0.4, 0.5) is 0 Å². The highest BCUT2D eigenvalue weighted by atomic mass is 16.3. The zero-order chi connectivity index (χ0) is 14.1. The molecule has 5 nitrogen and oxygen atoms in total. The minimum atomic E-state index is -0.640. The second-order valence-corrected chi connectivity index (χ2v) is 4.48. The van der Waals surface area contributed by atoms with Crippen molar-refractivity contribution in [1.82, 2.24) is 10.6 Å². The molecule has 1 aliphatic carbocycles. The smallest absolute Gasteiger partial charge is 0.221 e. The highest BCUT2D eigenvalue weighted by molar-refractivity contribution is 5.75. The first-order valence-electron chi connectivity index (χ1n) is 6.53. The molecule has 19 heavy (non-hydrogen) atoms. The van der Waals surface area contributed by atoms with Crippen molar-refractivity contribution in [2.75, 3.05) is 13.6 Å². The Labute approximate surface area is 114 Å². The molecule has 0 aromatic carbocycles. The fraction of sp³-hybridized carbons (Fsp3) is 0.500. The molecule has 0 spiro atoms. The Hall–Kier alpha value is -1.43. The third-order valence-electron chi connectivity index (χ3n) is 2.95. The van der Waals surface area contributed by atoms with Crippen molar-refractivity contribution in [2.24, 2.45) is 5.73 Å². The summed E-state index contributed by atoms with van der Waals surface area (Å²) < 4.78 is 0. The number of carbonyl (C=O) groups is 1. The van der Waals surface area contributed by atoms with E-state index in [-0.39, 0.29) is 12.3 Å². The van der Waals surface area contributed by atoms with E-state index in [1.165, 1.54) is 0 Å². The van der Waals surface area contributed by atoms with Crippen LogP contribution in [0.2, 0.25) is 0 Å². The molecule has 0 aliphatic heterocycles. The van der Waals surface area contributed by atoms with Gasteiger partial charge >= 0.3 is 0 Å². The lowest BCUT2D eigenvalue weighted by atomic mass is 10.0. The molecule has 0 aromatic rings. The largest absolute Gasteiger partial charge is 0.374 e. The number of nitrogens with one attached hydrogen (secondary N) is 2. The molecule has 0 saturated carbocycles. The summed E-state index contributed by atoms with van der Waals surface area (Å²) in [6, 6.07) is 0.354. The number of aliphatic hydroxyl groups excluding tert-OH is 1. The molecule has 2 unspecified atom stereocenters. The van der Waals surface area contributed by atoms with Crippen LogP contribution in [0.5, 0.6) is 0 Å². The van der Waals surface area contributed by atoms with E-state index < -0.39 is 6.23 Å². The monoisotopic (exact) mass is 265 g/mol. The topological polar surface area (TPSA) is 87.4 Å². The van der Waals surface area contributed by atoms with Gasteiger partial charge in [0.1, 0.15) is 6.23 Å². The Kier molecular flexibility index (Phi) is 7.10. The molecule has 0 bridgehead atoms. The summed E-state index contributed by atoms with van der Waals surface area (Å²) in [6.07, 6.45) is 10.9. The van der Waals surface area contributed by atoms with Crippen LogP contribution in [-0.2, 0) is 4.79 Å². The van der Waals surface area contributed by atoms with Crippen molar-refractivity contribution in [1.29, 1.82) is 0 Å². The van der Waals surface area contributed by atoms with E-state index in [0.29, 0.717) is 12.6 Å². The predicted molar refractivity (Wildman–Crippen MR) is 76.3 cm³/mol. The Morgan fingerprint density at radius 1 is 1.63 bits per heavy atom. The van der Waals surface area contributed by atoms with Crippen molar-refractivity contribution in [3.05, 3.63) is 36.0 Å². The number of nitrogens with two attached hydrogens (primary N) is 1. The van der Waals surface area contributed by atoms with E-state index in [4.69, 9.17) is 5.73 Å². The van der Waals surface area contributed by atoms with Crippen LogP contribution in [0.25, 0.3) is 0 Å². The quantitative estimate of drug-likeness (QED) is 0.287. The first-order chi connectivity index (χ1) is 9.13. The number of carbonyl (C=O) groups excluding carboxylic acids is 1. The Bertz CT molecular complexity index is 375. The van der Waals surface area contributed by atoms with Crippen LogP contribution in [0, 0.1) is 0 Å². The number of rotatable bonds is 8. The maximum absolute atomic E-state index is 10.5. The van der Waals surface area contributed by atoms with E-state index in [2.05, 4.69) is 10.6 Å². The highest BCUT2D eigenvalue weighted by Crippen LogP contribution is 2.12. The number of hydrogen-bond donors (Lipinski definition) is 4. The van der Waals surface area contributed by atoms with Crippen molar-refractivity contribution in [3.8, 4) is 0 Å². The van der Waals surface area contributed by atoms with Gasteiger partial charge in [0.2, 0.25) is 5.91 Å². The number of amides is 1. The lowest BCUT2D eigenvalue weighted by Gasteiger charge is -2.19. The summed E-state index contributed by atoms with van der Waals surface area (Å²) in [5.74, 6) is -0.333. The minimum Gasteiger partial charge on any atom is -0.374 e. The lowest BCUT2D eigenvalue weighted by molar-refractivity contribution is -0.117. The maximum Gasteiger partial charge on any atom is 0.221 e. The number of primary amides is 1. The van der Waals surface area contributed by atoms with E-state index in [0.717, 1.165) is 18.4 Å². The molecular formula is C14H23N3O2. The van der Waals surface area contributed by atoms with Gasteiger partial charge in [-0.2, -0.15) is 0 Å². The normalized spacial score (nSPS) is 20.5. The first kappa shape index (κ1) is 15.6. The van der Waals surface area contributed by atoms with Crippen molar-refractivity contribution in [3.63, 3.8) is 0 Å². The first-order valence-corrected chi connectivity index (χ1v) is 6.53. The Balaban J connectivity index is 2.20. The van der Waals surface area contributed by atoms with Gasteiger partial charge in [0, 0.05) is 19.0 Å². The molecule has 2 atom stereocenters. The van der Waals surface area contributed by atoms with Crippen molar-refractivity contribution < 1.29 is 9.90 Å². The second kappa shape index (κ2) is 8.63. The molecule has 5 heteroatoms. The summed E-state index contributed by atoms with van der Waals surface area (Å²) in [5, 5.41) is 16.1. The second-order valence-electron chi connectivity index (χ2n) is 4.48. The van der Waals surface area contributed by atoms with E-state index in [1.807, 2.05) is 31.4 Å². The number of aliphatic hydroxyl groups is 1. The van der Waals surface area contributed by atoms with Crippen LogP contribution < -0.4 is 16.4 Å². The zero-order valence-corrected chi connectivity index (χ0v) is 11.3. The average Bonchev–Trinajstić information content (AvgIpc) is 2.42. The third-order valence-corrected chi connectivity index (χ3v) is 2.95. The molecule has 1 amide bonds. The highest BCUT2D eigenvalue weighted by Gasteiger charge is 2.11. The SMILES string of the molecule is CNC1C=CC(C(O)NCC/C=C\CC(N)=O)=CC1. The van der Waals surface area contributed by atoms with Crippen LogP contribution in [0.1, 0.15) is 19.3 Å². The molecule has 5 N–H and O–H groups in total. The van der Waals surface area contributed by atoms with Crippen LogP contribution >= 0.6 is 0 Å². The molecular weight excluding hydrogens is 242 g/mol. The summed E-state index contributed by atoms with van der Waals surface area (Å²) in [4.78, 5) is 10.5. The van der Waals surface area contributed by atoms with Crippen LogP contribution in [0.15, 0.2) is 36.0 Å². The van der Waals surface area contributed by atoms with E-state index in [9.17, 15) is 9.90 Å². The van der Waals surface area contributed by atoms with Gasteiger partial charge in [0.15, 0.2) is 0 Å². The number of hydrogen-bond acceptors (Lipinski definition) is 4. The molecule has 106 valence electrons. The van der Waals surface area contributed by atoms with Gasteiger partial charge in [-0.05, 0) is 25.5 Å². The molecule has 1 aliphatic rings. The average molecular weight is 265 g/mol. The lowest BCUT2D eigenvalue weighted by Crippen LogP contribution is -2.32. The van der Waals surface area contributed by atoms with E-state index >= 15 is 0 Å². The summed E-state index contributed by atoms with van der Waals surface area (Å²) in [7, 11) is 1.92. The molecule has 0 fully saturated rings. The predicted octanol–water partition coefficient (Wildman–Crippen LogP) is 0.190. The maximum atomic E-state index is 10.5. The van der Waals surface area contributed by atoms with Crippen LogP contribution in [0.3, 0.4) is 0 Å².